The summed E-state index contributed by atoms with van der Waals surface area (Å²) in [5.41, 5.74) is 1.39. The number of rotatable bonds is 4. The van der Waals surface area contributed by atoms with E-state index in [1.165, 1.54) is 16.2 Å². The molecule has 0 radical (unpaired) electrons. The molecule has 110 valence electrons. The Kier molecular flexibility index (Phi) is 4.95. The molecule has 0 N–H and O–H groups in total. The van der Waals surface area contributed by atoms with Crippen molar-refractivity contribution in [2.45, 2.75) is 43.9 Å². The molecule has 3 rings (SSSR count). The Morgan fingerprint density at radius 2 is 2.40 bits per heavy atom. The van der Waals surface area contributed by atoms with Gasteiger partial charge in [0.25, 0.3) is 5.91 Å². The van der Waals surface area contributed by atoms with Crippen LogP contribution in [0.25, 0.3) is 0 Å². The first-order valence-electron chi connectivity index (χ1n) is 7.36. The molecule has 20 heavy (non-hydrogen) atoms. The fourth-order valence-electron chi connectivity index (χ4n) is 3.11. The lowest BCUT2D eigenvalue weighted by Crippen LogP contribution is -2.35. The van der Waals surface area contributed by atoms with Gasteiger partial charge in [0.15, 0.2) is 0 Å². The molecule has 1 aromatic heterocycles. The number of likely N-dealkylation sites (tertiary alicyclic amines) is 1. The molecule has 0 saturated carbocycles. The number of amides is 1. The summed E-state index contributed by atoms with van der Waals surface area (Å²) in [5, 5.41) is 0. The lowest BCUT2D eigenvalue weighted by atomic mass is 10.1. The number of carbonyl (C=O) groups excluding carboxylic acids is 1. The molecule has 0 aliphatic carbocycles. The van der Waals surface area contributed by atoms with Crippen LogP contribution >= 0.6 is 34.7 Å². The predicted octanol–water partition coefficient (Wildman–Crippen LogP) is 4.16. The van der Waals surface area contributed by atoms with Crippen molar-refractivity contribution in [1.82, 2.24) is 4.90 Å². The number of hydrogen-bond donors (Lipinski definition) is 0. The van der Waals surface area contributed by atoms with Crippen molar-refractivity contribution < 1.29 is 4.79 Å². The van der Waals surface area contributed by atoms with Gasteiger partial charge in [-0.2, -0.15) is 11.8 Å². The van der Waals surface area contributed by atoms with Gasteiger partial charge in [0, 0.05) is 29.1 Å². The number of hydrogen-bond acceptors (Lipinski definition) is 3. The maximum absolute atomic E-state index is 12.7. The molecule has 2 aliphatic heterocycles. The summed E-state index contributed by atoms with van der Waals surface area (Å²) in [5.74, 6) is 3.23. The second kappa shape index (κ2) is 6.71. The molecule has 5 heteroatoms. The lowest BCUT2D eigenvalue weighted by Gasteiger charge is -2.24. The molecule has 0 bridgehead atoms. The molecule has 1 saturated heterocycles. The van der Waals surface area contributed by atoms with E-state index in [1.54, 1.807) is 11.3 Å². The Bertz CT molecular complexity index is 465. The van der Waals surface area contributed by atoms with Crippen LogP contribution in [0, 0.1) is 0 Å². The standard InChI is InChI=1S/C15H20ClNOS2/c16-6-1-3-12-4-2-7-17(12)15(18)14-9-11-10-19-8-5-13(11)20-14/h9,12H,1-8,10H2. The first-order valence-corrected chi connectivity index (χ1v) is 9.86. The first kappa shape index (κ1) is 14.7. The van der Waals surface area contributed by atoms with Gasteiger partial charge in [-0.1, -0.05) is 0 Å². The third-order valence-electron chi connectivity index (χ3n) is 4.15. The van der Waals surface area contributed by atoms with Crippen molar-refractivity contribution in [2.24, 2.45) is 0 Å². The fraction of sp³-hybridized carbons (Fsp3) is 0.667. The van der Waals surface area contributed by atoms with Crippen LogP contribution in [0.3, 0.4) is 0 Å². The Morgan fingerprint density at radius 1 is 1.50 bits per heavy atom. The van der Waals surface area contributed by atoms with Crippen molar-refractivity contribution >= 4 is 40.6 Å². The number of halogens is 1. The van der Waals surface area contributed by atoms with Crippen molar-refractivity contribution in [2.75, 3.05) is 18.2 Å². The van der Waals surface area contributed by atoms with Gasteiger partial charge < -0.3 is 4.90 Å². The number of thioether (sulfide) groups is 1. The summed E-state index contributed by atoms with van der Waals surface area (Å²) < 4.78 is 0. The monoisotopic (exact) mass is 329 g/mol. The Balaban J connectivity index is 1.72. The third-order valence-corrected chi connectivity index (χ3v) is 6.65. The molecule has 1 amide bonds. The van der Waals surface area contributed by atoms with Crippen LogP contribution < -0.4 is 0 Å². The largest absolute Gasteiger partial charge is 0.335 e. The number of nitrogens with zero attached hydrogens (tertiary/aromatic N) is 1. The van der Waals surface area contributed by atoms with E-state index in [1.807, 2.05) is 11.8 Å². The zero-order chi connectivity index (χ0) is 13.9. The van der Waals surface area contributed by atoms with E-state index >= 15 is 0 Å². The maximum Gasteiger partial charge on any atom is 0.264 e. The van der Waals surface area contributed by atoms with Gasteiger partial charge in [-0.3, -0.25) is 4.79 Å². The van der Waals surface area contributed by atoms with Crippen LogP contribution in [-0.4, -0.2) is 35.0 Å². The van der Waals surface area contributed by atoms with E-state index < -0.39 is 0 Å². The van der Waals surface area contributed by atoms with E-state index in [2.05, 4.69) is 11.0 Å². The van der Waals surface area contributed by atoms with E-state index in [4.69, 9.17) is 11.6 Å². The number of fused-ring (bicyclic) bond motifs is 1. The van der Waals surface area contributed by atoms with Crippen molar-refractivity contribution in [3.8, 4) is 0 Å². The van der Waals surface area contributed by atoms with E-state index in [-0.39, 0.29) is 5.91 Å². The highest BCUT2D eigenvalue weighted by Crippen LogP contribution is 2.33. The van der Waals surface area contributed by atoms with Gasteiger partial charge in [0.2, 0.25) is 0 Å². The SMILES string of the molecule is O=C(c1cc2c(s1)CCSC2)N1CCCC1CCCCl. The molecular formula is C15H20ClNOS2. The Hall–Kier alpha value is -0.190. The summed E-state index contributed by atoms with van der Waals surface area (Å²) in [6.45, 7) is 0.920. The zero-order valence-corrected chi connectivity index (χ0v) is 14.0. The third kappa shape index (κ3) is 3.02. The smallest absolute Gasteiger partial charge is 0.264 e. The average Bonchev–Trinajstić information content (AvgIpc) is 3.10. The number of aryl methyl sites for hydroxylation is 1. The summed E-state index contributed by atoms with van der Waals surface area (Å²) in [7, 11) is 0. The van der Waals surface area contributed by atoms with E-state index in [9.17, 15) is 4.79 Å². The van der Waals surface area contributed by atoms with Crippen LogP contribution in [0.1, 0.15) is 45.8 Å². The highest BCUT2D eigenvalue weighted by atomic mass is 35.5. The highest BCUT2D eigenvalue weighted by Gasteiger charge is 2.30. The molecule has 1 atom stereocenters. The second-order valence-corrected chi connectivity index (χ2v) is 8.11. The molecule has 2 nitrogen and oxygen atoms in total. The average molecular weight is 330 g/mol. The first-order chi connectivity index (χ1) is 9.79. The number of carbonyl (C=O) groups is 1. The van der Waals surface area contributed by atoms with Crippen LogP contribution in [0.5, 0.6) is 0 Å². The number of thiophene rings is 1. The molecule has 2 aliphatic rings. The van der Waals surface area contributed by atoms with Crippen molar-refractivity contribution in [3.63, 3.8) is 0 Å². The fourth-order valence-corrected chi connectivity index (χ4v) is 5.59. The van der Waals surface area contributed by atoms with Gasteiger partial charge in [0.05, 0.1) is 4.88 Å². The van der Waals surface area contributed by atoms with Crippen LogP contribution in [0.2, 0.25) is 0 Å². The summed E-state index contributed by atoms with van der Waals surface area (Å²) >= 11 is 9.49. The maximum atomic E-state index is 12.7. The molecule has 1 unspecified atom stereocenters. The molecular weight excluding hydrogens is 310 g/mol. The van der Waals surface area contributed by atoms with Gasteiger partial charge in [0.1, 0.15) is 0 Å². The minimum absolute atomic E-state index is 0.256. The topological polar surface area (TPSA) is 20.3 Å². The van der Waals surface area contributed by atoms with Gasteiger partial charge >= 0.3 is 0 Å². The second-order valence-electron chi connectivity index (χ2n) is 5.49. The molecule has 0 aromatic carbocycles. The molecule has 0 spiro atoms. The van der Waals surface area contributed by atoms with Gasteiger partial charge in [-0.05, 0) is 49.5 Å². The quantitative estimate of drug-likeness (QED) is 0.773. The minimum atomic E-state index is 0.256. The lowest BCUT2D eigenvalue weighted by molar-refractivity contribution is 0.0735. The number of alkyl halides is 1. The molecule has 3 heterocycles. The predicted molar refractivity (Wildman–Crippen MR) is 88.2 cm³/mol. The van der Waals surface area contributed by atoms with Crippen LogP contribution in [-0.2, 0) is 12.2 Å². The van der Waals surface area contributed by atoms with Crippen molar-refractivity contribution in [3.05, 3.63) is 21.4 Å². The van der Waals surface area contributed by atoms with Gasteiger partial charge in [-0.15, -0.1) is 22.9 Å². The van der Waals surface area contributed by atoms with Gasteiger partial charge in [-0.25, -0.2) is 0 Å². The molecule has 1 fully saturated rings. The van der Waals surface area contributed by atoms with E-state index in [0.29, 0.717) is 11.9 Å². The zero-order valence-electron chi connectivity index (χ0n) is 11.6. The highest BCUT2D eigenvalue weighted by molar-refractivity contribution is 7.98. The van der Waals surface area contributed by atoms with Crippen LogP contribution in [0.4, 0.5) is 0 Å². The summed E-state index contributed by atoms with van der Waals surface area (Å²) in [4.78, 5) is 17.2. The van der Waals surface area contributed by atoms with E-state index in [0.717, 1.165) is 49.3 Å². The van der Waals surface area contributed by atoms with Crippen molar-refractivity contribution in [1.29, 1.82) is 0 Å². The Labute approximate surface area is 133 Å². The Morgan fingerprint density at radius 3 is 3.20 bits per heavy atom. The minimum Gasteiger partial charge on any atom is -0.335 e. The summed E-state index contributed by atoms with van der Waals surface area (Å²) in [6.07, 6.45) is 5.47. The normalized spacial score (nSPS) is 22.1. The molecule has 1 aromatic rings. The van der Waals surface area contributed by atoms with Crippen LogP contribution in [0.15, 0.2) is 6.07 Å². The summed E-state index contributed by atoms with van der Waals surface area (Å²) in [6, 6.07) is 2.56.